The van der Waals surface area contributed by atoms with Gasteiger partial charge in [0.15, 0.2) is 5.60 Å². The van der Waals surface area contributed by atoms with E-state index in [0.717, 1.165) is 0 Å². The lowest BCUT2D eigenvalue weighted by atomic mass is 9.83. The fourth-order valence-electron chi connectivity index (χ4n) is 1.64. The molecule has 0 atom stereocenters. The molecular weight excluding hydrogens is 288 g/mol. The fraction of sp³-hybridized carbons (Fsp3) is 0.556. The SMILES string of the molecule is C=CCC(CC=C)C(O)(C#C[Si](C)(C)C)C#C[Si](C)(C)C. The van der Waals surface area contributed by atoms with Crippen molar-refractivity contribution in [2.45, 2.75) is 57.7 Å². The molecule has 0 unspecified atom stereocenters. The van der Waals surface area contributed by atoms with Crippen molar-refractivity contribution < 1.29 is 5.11 Å². The van der Waals surface area contributed by atoms with Gasteiger partial charge in [-0.1, -0.05) is 63.3 Å². The molecule has 0 saturated heterocycles. The molecule has 0 bridgehead atoms. The summed E-state index contributed by atoms with van der Waals surface area (Å²) in [5.74, 6) is 6.13. The minimum absolute atomic E-state index is 0.0693. The van der Waals surface area contributed by atoms with Crippen molar-refractivity contribution in [3.05, 3.63) is 25.3 Å². The largest absolute Gasteiger partial charge is 0.367 e. The van der Waals surface area contributed by atoms with E-state index in [2.05, 4.69) is 75.4 Å². The Labute approximate surface area is 133 Å². The molecule has 0 aliphatic heterocycles. The summed E-state index contributed by atoms with van der Waals surface area (Å²) in [5.41, 5.74) is 5.30. The van der Waals surface area contributed by atoms with Crippen LogP contribution in [0.25, 0.3) is 0 Å². The van der Waals surface area contributed by atoms with E-state index in [0.29, 0.717) is 12.8 Å². The van der Waals surface area contributed by atoms with Gasteiger partial charge in [0.2, 0.25) is 0 Å². The highest BCUT2D eigenvalue weighted by molar-refractivity contribution is 6.84. The molecule has 116 valence electrons. The Morgan fingerprint density at radius 2 is 1.24 bits per heavy atom. The topological polar surface area (TPSA) is 20.2 Å². The number of allylic oxidation sites excluding steroid dienone is 2. The summed E-state index contributed by atoms with van der Waals surface area (Å²) in [5, 5.41) is 11.1. The third kappa shape index (κ3) is 8.78. The molecule has 0 aromatic rings. The predicted octanol–water partition coefficient (Wildman–Crippen LogP) is 4.25. The Kier molecular flexibility index (Phi) is 7.47. The number of rotatable bonds is 5. The van der Waals surface area contributed by atoms with Crippen LogP contribution in [0.1, 0.15) is 12.8 Å². The molecule has 1 nitrogen and oxygen atoms in total. The van der Waals surface area contributed by atoms with Gasteiger partial charge < -0.3 is 5.11 Å². The van der Waals surface area contributed by atoms with Crippen molar-refractivity contribution in [2.75, 3.05) is 0 Å². The molecule has 0 amide bonds. The Bertz CT molecular complexity index is 442. The van der Waals surface area contributed by atoms with E-state index >= 15 is 0 Å². The molecule has 21 heavy (non-hydrogen) atoms. The predicted molar refractivity (Wildman–Crippen MR) is 100 cm³/mol. The Balaban J connectivity index is 5.80. The Morgan fingerprint density at radius 1 is 0.905 bits per heavy atom. The van der Waals surface area contributed by atoms with Crippen LogP contribution in [0.5, 0.6) is 0 Å². The first kappa shape index (κ1) is 20.0. The summed E-state index contributed by atoms with van der Waals surface area (Å²) in [6.45, 7) is 20.6. The van der Waals surface area contributed by atoms with E-state index in [-0.39, 0.29) is 5.92 Å². The summed E-state index contributed by atoms with van der Waals surface area (Å²) in [6, 6.07) is 0. The third-order valence-corrected chi connectivity index (χ3v) is 4.50. The second-order valence-electron chi connectivity index (χ2n) is 7.51. The molecule has 1 N–H and O–H groups in total. The average molecular weight is 319 g/mol. The monoisotopic (exact) mass is 318 g/mol. The van der Waals surface area contributed by atoms with Gasteiger partial charge in [0.25, 0.3) is 0 Å². The lowest BCUT2D eigenvalue weighted by Crippen LogP contribution is -2.36. The van der Waals surface area contributed by atoms with Crippen molar-refractivity contribution in [1.29, 1.82) is 0 Å². The quantitative estimate of drug-likeness (QED) is 0.456. The number of hydrogen-bond acceptors (Lipinski definition) is 1. The van der Waals surface area contributed by atoms with E-state index in [1.165, 1.54) is 0 Å². The molecule has 0 heterocycles. The highest BCUT2D eigenvalue weighted by atomic mass is 28.3. The summed E-state index contributed by atoms with van der Waals surface area (Å²) in [6.07, 6.45) is 5.02. The Morgan fingerprint density at radius 3 is 1.48 bits per heavy atom. The minimum atomic E-state index is -1.56. The molecule has 3 heteroatoms. The van der Waals surface area contributed by atoms with Crippen molar-refractivity contribution in [1.82, 2.24) is 0 Å². The molecule has 0 saturated carbocycles. The van der Waals surface area contributed by atoms with Gasteiger partial charge in [-0.3, -0.25) is 0 Å². The van der Waals surface area contributed by atoms with Crippen molar-refractivity contribution in [3.63, 3.8) is 0 Å². The molecule has 0 fully saturated rings. The maximum Gasteiger partial charge on any atom is 0.189 e. The summed E-state index contributed by atoms with van der Waals surface area (Å²) >= 11 is 0. The van der Waals surface area contributed by atoms with E-state index in [9.17, 15) is 5.11 Å². The second-order valence-corrected chi connectivity index (χ2v) is 17.0. The number of aliphatic hydroxyl groups is 1. The molecule has 0 aliphatic rings. The molecule has 0 rings (SSSR count). The summed E-state index contributed by atoms with van der Waals surface area (Å²) in [7, 11) is -3.13. The molecule has 0 radical (unpaired) electrons. The van der Waals surface area contributed by atoms with Gasteiger partial charge in [-0.05, 0) is 12.8 Å². The fourth-order valence-corrected chi connectivity index (χ4v) is 2.77. The van der Waals surface area contributed by atoms with Crippen LogP contribution in [-0.4, -0.2) is 26.9 Å². The summed E-state index contributed by atoms with van der Waals surface area (Å²) < 4.78 is 0. The van der Waals surface area contributed by atoms with Crippen LogP contribution in [0, 0.1) is 28.8 Å². The summed E-state index contributed by atoms with van der Waals surface area (Å²) in [4.78, 5) is 0. The average Bonchev–Trinajstić information content (AvgIpc) is 2.32. The van der Waals surface area contributed by atoms with E-state index < -0.39 is 21.7 Å². The highest BCUT2D eigenvalue weighted by Crippen LogP contribution is 2.25. The van der Waals surface area contributed by atoms with Crippen LogP contribution >= 0.6 is 0 Å². The third-order valence-electron chi connectivity index (χ3n) is 2.75. The molecule has 0 spiro atoms. The first-order valence-electron chi connectivity index (χ1n) is 7.46. The van der Waals surface area contributed by atoms with Crippen LogP contribution in [0.3, 0.4) is 0 Å². The number of hydrogen-bond donors (Lipinski definition) is 1. The van der Waals surface area contributed by atoms with Crippen LogP contribution in [0.2, 0.25) is 39.3 Å². The van der Waals surface area contributed by atoms with E-state index in [4.69, 9.17) is 0 Å². The van der Waals surface area contributed by atoms with Crippen LogP contribution in [0.15, 0.2) is 25.3 Å². The standard InChI is InChI=1S/C18H30OSi2/c1-9-11-17(12-10-2)18(19,13-15-20(3,4)5)14-16-21(6,7)8/h9-10,17,19H,1-2,11-12H2,3-8H3. The van der Waals surface area contributed by atoms with Crippen LogP contribution < -0.4 is 0 Å². The lowest BCUT2D eigenvalue weighted by Gasteiger charge is -2.27. The highest BCUT2D eigenvalue weighted by Gasteiger charge is 2.32. The maximum absolute atomic E-state index is 11.1. The van der Waals surface area contributed by atoms with Gasteiger partial charge in [-0.2, -0.15) is 0 Å². The van der Waals surface area contributed by atoms with E-state index in [1.54, 1.807) is 0 Å². The van der Waals surface area contributed by atoms with Crippen molar-refractivity contribution >= 4 is 16.1 Å². The molecule has 0 aromatic carbocycles. The first-order chi connectivity index (χ1) is 9.43. The van der Waals surface area contributed by atoms with Gasteiger partial charge in [-0.25, -0.2) is 0 Å². The van der Waals surface area contributed by atoms with Crippen molar-refractivity contribution in [2.24, 2.45) is 5.92 Å². The van der Waals surface area contributed by atoms with Gasteiger partial charge in [0.1, 0.15) is 16.1 Å². The molecule has 0 aliphatic carbocycles. The smallest absolute Gasteiger partial charge is 0.189 e. The van der Waals surface area contributed by atoms with Crippen LogP contribution in [0.4, 0.5) is 0 Å². The zero-order chi connectivity index (χ0) is 16.7. The first-order valence-corrected chi connectivity index (χ1v) is 14.5. The molecule has 0 aromatic heterocycles. The maximum atomic E-state index is 11.1. The zero-order valence-electron chi connectivity index (χ0n) is 14.5. The van der Waals surface area contributed by atoms with Gasteiger partial charge in [0, 0.05) is 5.92 Å². The van der Waals surface area contributed by atoms with Crippen molar-refractivity contribution in [3.8, 4) is 22.9 Å². The van der Waals surface area contributed by atoms with Gasteiger partial charge in [0.05, 0.1) is 0 Å². The van der Waals surface area contributed by atoms with E-state index in [1.807, 2.05) is 12.2 Å². The lowest BCUT2D eigenvalue weighted by molar-refractivity contribution is 0.0965. The van der Waals surface area contributed by atoms with Gasteiger partial charge >= 0.3 is 0 Å². The van der Waals surface area contributed by atoms with Crippen LogP contribution in [-0.2, 0) is 0 Å². The second kappa shape index (κ2) is 7.85. The Hall–Kier alpha value is -1.01. The van der Waals surface area contributed by atoms with Gasteiger partial charge in [-0.15, -0.1) is 24.2 Å². The zero-order valence-corrected chi connectivity index (χ0v) is 16.5. The normalized spacial score (nSPS) is 12.0. The minimum Gasteiger partial charge on any atom is -0.367 e. The molecular formula is C18H30OSi2.